The first-order valence-electron chi connectivity index (χ1n) is 10.2. The summed E-state index contributed by atoms with van der Waals surface area (Å²) in [6.45, 7) is 3.47. The molecule has 34 heavy (non-hydrogen) atoms. The third kappa shape index (κ3) is 4.79. The maximum atomic E-state index is 12.7. The van der Waals surface area contributed by atoms with E-state index in [1.54, 1.807) is 58.4 Å². The number of sulfonamides is 1. The molecule has 2 N–H and O–H groups in total. The van der Waals surface area contributed by atoms with Crippen LogP contribution >= 0.6 is 0 Å². The van der Waals surface area contributed by atoms with Crippen LogP contribution in [0.3, 0.4) is 0 Å². The smallest absolute Gasteiger partial charge is 0.264 e. The molecule has 0 fully saturated rings. The monoisotopic (exact) mass is 481 g/mol. The normalized spacial score (nSPS) is 11.2. The van der Waals surface area contributed by atoms with Crippen molar-refractivity contribution in [2.75, 3.05) is 24.3 Å². The SMILES string of the molecule is COc1ccc(OC)c(-c2cc(Nc3ccc(S(=O)(=O)Nc4onc(C)c4C)cc3)ncn2)c1. The Kier molecular flexibility index (Phi) is 6.37. The number of anilines is 3. The summed E-state index contributed by atoms with van der Waals surface area (Å²) in [4.78, 5) is 8.67. The Balaban J connectivity index is 1.54. The molecule has 0 amide bonds. The Morgan fingerprint density at radius 3 is 2.35 bits per heavy atom. The van der Waals surface area contributed by atoms with Crippen LogP contribution in [0.1, 0.15) is 11.3 Å². The lowest BCUT2D eigenvalue weighted by Crippen LogP contribution is -2.13. The van der Waals surface area contributed by atoms with Gasteiger partial charge in [-0.1, -0.05) is 5.16 Å². The van der Waals surface area contributed by atoms with E-state index < -0.39 is 10.0 Å². The number of aryl methyl sites for hydroxylation is 1. The number of nitrogens with one attached hydrogen (secondary N) is 2. The Morgan fingerprint density at radius 1 is 0.941 bits per heavy atom. The Bertz CT molecular complexity index is 1420. The first kappa shape index (κ1) is 23.1. The molecule has 0 atom stereocenters. The van der Waals surface area contributed by atoms with Crippen molar-refractivity contribution in [1.82, 2.24) is 15.1 Å². The number of methoxy groups -OCH3 is 2. The Labute approximate surface area is 197 Å². The van der Waals surface area contributed by atoms with E-state index in [2.05, 4.69) is 25.2 Å². The summed E-state index contributed by atoms with van der Waals surface area (Å²) in [6.07, 6.45) is 1.43. The molecule has 0 unspecified atom stereocenters. The van der Waals surface area contributed by atoms with Gasteiger partial charge in [0, 0.05) is 22.9 Å². The van der Waals surface area contributed by atoms with E-state index >= 15 is 0 Å². The third-order valence-corrected chi connectivity index (χ3v) is 6.52. The first-order chi connectivity index (χ1) is 16.3. The summed E-state index contributed by atoms with van der Waals surface area (Å²) in [5.74, 6) is 1.94. The number of ether oxygens (including phenoxy) is 2. The number of benzene rings is 2. The molecule has 11 heteroatoms. The molecule has 0 aliphatic rings. The van der Waals surface area contributed by atoms with E-state index in [0.29, 0.717) is 40.0 Å². The van der Waals surface area contributed by atoms with Crippen LogP contribution in [0.2, 0.25) is 0 Å². The van der Waals surface area contributed by atoms with E-state index in [-0.39, 0.29) is 10.8 Å². The van der Waals surface area contributed by atoms with Gasteiger partial charge in [0.2, 0.25) is 5.88 Å². The average Bonchev–Trinajstić information content (AvgIpc) is 3.15. The summed E-state index contributed by atoms with van der Waals surface area (Å²) in [5.41, 5.74) is 3.28. The molecule has 0 radical (unpaired) electrons. The van der Waals surface area contributed by atoms with Gasteiger partial charge in [0.15, 0.2) is 0 Å². The lowest BCUT2D eigenvalue weighted by atomic mass is 10.1. The Morgan fingerprint density at radius 2 is 1.71 bits per heavy atom. The topological polar surface area (TPSA) is 128 Å². The minimum Gasteiger partial charge on any atom is -0.497 e. The fourth-order valence-corrected chi connectivity index (χ4v) is 4.19. The number of rotatable bonds is 8. The molecule has 0 bridgehead atoms. The van der Waals surface area contributed by atoms with Crippen molar-refractivity contribution >= 4 is 27.4 Å². The highest BCUT2D eigenvalue weighted by atomic mass is 32.2. The average molecular weight is 482 g/mol. The molecule has 4 aromatic rings. The van der Waals surface area contributed by atoms with Crippen LogP contribution in [0.5, 0.6) is 11.5 Å². The second-order valence-corrected chi connectivity index (χ2v) is 9.01. The number of hydrogen-bond donors (Lipinski definition) is 2. The van der Waals surface area contributed by atoms with Gasteiger partial charge >= 0.3 is 0 Å². The van der Waals surface area contributed by atoms with E-state index in [4.69, 9.17) is 14.0 Å². The zero-order valence-electron chi connectivity index (χ0n) is 19.0. The van der Waals surface area contributed by atoms with Gasteiger partial charge < -0.3 is 19.3 Å². The van der Waals surface area contributed by atoms with Crippen molar-refractivity contribution in [1.29, 1.82) is 0 Å². The first-order valence-corrected chi connectivity index (χ1v) is 11.7. The van der Waals surface area contributed by atoms with Crippen molar-refractivity contribution < 1.29 is 22.4 Å². The van der Waals surface area contributed by atoms with Crippen LogP contribution in [0.25, 0.3) is 11.3 Å². The lowest BCUT2D eigenvalue weighted by Gasteiger charge is -2.12. The summed E-state index contributed by atoms with van der Waals surface area (Å²) in [5, 5.41) is 6.92. The second kappa shape index (κ2) is 9.40. The molecule has 4 rings (SSSR count). The zero-order valence-corrected chi connectivity index (χ0v) is 19.8. The third-order valence-electron chi connectivity index (χ3n) is 5.17. The highest BCUT2D eigenvalue weighted by molar-refractivity contribution is 7.92. The largest absolute Gasteiger partial charge is 0.497 e. The number of aromatic nitrogens is 3. The molecule has 2 aromatic heterocycles. The van der Waals surface area contributed by atoms with Gasteiger partial charge in [0.1, 0.15) is 23.6 Å². The summed E-state index contributed by atoms with van der Waals surface area (Å²) >= 11 is 0. The standard InChI is InChI=1S/C23H23N5O5S/c1-14-15(2)27-33-23(14)28-34(29,30)18-8-5-16(6-9-18)26-22-12-20(24-13-25-22)19-11-17(31-3)7-10-21(19)32-4/h5-13,28H,1-4H3,(H,24,25,26). The van der Waals surface area contributed by atoms with E-state index in [0.717, 1.165) is 5.56 Å². The summed E-state index contributed by atoms with van der Waals surface area (Å²) in [7, 11) is -0.659. The molecule has 176 valence electrons. The van der Waals surface area contributed by atoms with Gasteiger partial charge in [-0.25, -0.2) is 23.1 Å². The van der Waals surface area contributed by atoms with Crippen LogP contribution in [-0.2, 0) is 10.0 Å². The minimum absolute atomic E-state index is 0.0796. The predicted octanol–water partition coefficient (Wildman–Crippen LogP) is 4.31. The van der Waals surface area contributed by atoms with Gasteiger partial charge in [-0.15, -0.1) is 0 Å². The molecule has 2 aromatic carbocycles. The second-order valence-electron chi connectivity index (χ2n) is 7.33. The predicted molar refractivity (Wildman–Crippen MR) is 127 cm³/mol. The van der Waals surface area contributed by atoms with E-state index in [1.807, 2.05) is 6.07 Å². The molecule has 2 heterocycles. The quantitative estimate of drug-likeness (QED) is 0.378. The summed E-state index contributed by atoms with van der Waals surface area (Å²) < 4.78 is 43.6. The fraction of sp³-hybridized carbons (Fsp3) is 0.174. The van der Waals surface area contributed by atoms with E-state index in [9.17, 15) is 8.42 Å². The van der Waals surface area contributed by atoms with Crippen molar-refractivity contribution in [3.63, 3.8) is 0 Å². The molecule has 0 aliphatic heterocycles. The highest BCUT2D eigenvalue weighted by Crippen LogP contribution is 2.33. The van der Waals surface area contributed by atoms with Crippen LogP contribution in [0, 0.1) is 13.8 Å². The fourth-order valence-electron chi connectivity index (χ4n) is 3.14. The lowest BCUT2D eigenvalue weighted by molar-refractivity contribution is 0.404. The van der Waals surface area contributed by atoms with Crippen LogP contribution in [-0.4, -0.2) is 37.8 Å². The summed E-state index contributed by atoms with van der Waals surface area (Å²) in [6, 6.07) is 13.4. The Hall–Kier alpha value is -4.12. The van der Waals surface area contributed by atoms with Crippen molar-refractivity contribution in [2.45, 2.75) is 18.7 Å². The molecular weight excluding hydrogens is 458 g/mol. The van der Waals surface area contributed by atoms with E-state index in [1.165, 1.54) is 18.5 Å². The molecule has 0 saturated heterocycles. The van der Waals surface area contributed by atoms with Crippen LogP contribution < -0.4 is 19.5 Å². The molecule has 0 saturated carbocycles. The number of nitrogens with zero attached hydrogens (tertiary/aromatic N) is 3. The van der Waals surface area contributed by atoms with Gasteiger partial charge in [0.05, 0.1) is 30.5 Å². The van der Waals surface area contributed by atoms with Crippen molar-refractivity contribution in [2.24, 2.45) is 0 Å². The zero-order chi connectivity index (χ0) is 24.3. The van der Waals surface area contributed by atoms with Gasteiger partial charge in [-0.2, -0.15) is 0 Å². The number of hydrogen-bond acceptors (Lipinski definition) is 9. The van der Waals surface area contributed by atoms with Crippen LogP contribution in [0.15, 0.2) is 64.3 Å². The van der Waals surface area contributed by atoms with Crippen LogP contribution in [0.4, 0.5) is 17.4 Å². The maximum Gasteiger partial charge on any atom is 0.264 e. The molecule has 0 spiro atoms. The molecule has 10 nitrogen and oxygen atoms in total. The molecule has 0 aliphatic carbocycles. The van der Waals surface area contributed by atoms with Crippen molar-refractivity contribution in [3.05, 3.63) is 66.1 Å². The highest BCUT2D eigenvalue weighted by Gasteiger charge is 2.19. The maximum absolute atomic E-state index is 12.7. The van der Waals surface area contributed by atoms with Gasteiger partial charge in [-0.05, 0) is 56.3 Å². The minimum atomic E-state index is -3.83. The van der Waals surface area contributed by atoms with Gasteiger partial charge in [0.25, 0.3) is 10.0 Å². The van der Waals surface area contributed by atoms with Gasteiger partial charge in [-0.3, -0.25) is 0 Å². The van der Waals surface area contributed by atoms with Crippen molar-refractivity contribution in [3.8, 4) is 22.8 Å². The molecular formula is C23H23N5O5S.